The standard InChI is InChI=1S/C10H10N2O4/c13-9(14)10(12(15)16)8-4-2-1-3-7(8)5-6-11-10/h1-4,11H,5-6H2,(H,13,14). The number of aliphatic carboxylic acids is 1. The minimum Gasteiger partial charge on any atom is -0.475 e. The maximum Gasteiger partial charge on any atom is 0.404 e. The summed E-state index contributed by atoms with van der Waals surface area (Å²) < 4.78 is 0. The predicted molar refractivity (Wildman–Crippen MR) is 54.5 cm³/mol. The van der Waals surface area contributed by atoms with E-state index in [0.29, 0.717) is 12.0 Å². The molecule has 0 aromatic heterocycles. The summed E-state index contributed by atoms with van der Waals surface area (Å²) >= 11 is 0. The number of fused-ring (bicyclic) bond motifs is 1. The summed E-state index contributed by atoms with van der Waals surface area (Å²) in [7, 11) is 0. The molecule has 6 nitrogen and oxygen atoms in total. The lowest BCUT2D eigenvalue weighted by Gasteiger charge is -2.28. The third-order valence-corrected chi connectivity index (χ3v) is 2.77. The number of rotatable bonds is 2. The number of nitrogens with zero attached hydrogens (tertiary/aromatic N) is 1. The van der Waals surface area contributed by atoms with Gasteiger partial charge in [-0.1, -0.05) is 18.2 Å². The number of nitro groups is 1. The van der Waals surface area contributed by atoms with Crippen LogP contribution in [-0.4, -0.2) is 22.5 Å². The molecule has 0 fully saturated rings. The van der Waals surface area contributed by atoms with Crippen LogP contribution in [0.2, 0.25) is 0 Å². The summed E-state index contributed by atoms with van der Waals surface area (Å²) in [5, 5.41) is 22.6. The highest BCUT2D eigenvalue weighted by atomic mass is 16.6. The van der Waals surface area contributed by atoms with Crippen LogP contribution in [0.1, 0.15) is 11.1 Å². The fraction of sp³-hybridized carbons (Fsp3) is 0.300. The second-order valence-corrected chi connectivity index (χ2v) is 3.61. The van der Waals surface area contributed by atoms with Crippen LogP contribution in [0.3, 0.4) is 0 Å². The van der Waals surface area contributed by atoms with E-state index in [0.717, 1.165) is 0 Å². The van der Waals surface area contributed by atoms with Crippen molar-refractivity contribution in [3.63, 3.8) is 0 Å². The molecule has 1 heterocycles. The smallest absolute Gasteiger partial charge is 0.404 e. The van der Waals surface area contributed by atoms with Crippen molar-refractivity contribution in [2.45, 2.75) is 12.1 Å². The summed E-state index contributed by atoms with van der Waals surface area (Å²) in [5.74, 6) is -1.48. The van der Waals surface area contributed by atoms with Crippen molar-refractivity contribution in [3.8, 4) is 0 Å². The Kier molecular flexibility index (Phi) is 2.35. The summed E-state index contributed by atoms with van der Waals surface area (Å²) in [6.45, 7) is 0.282. The summed E-state index contributed by atoms with van der Waals surface area (Å²) in [5.41, 5.74) is -1.27. The first kappa shape index (κ1) is 10.6. The van der Waals surface area contributed by atoms with Gasteiger partial charge in [-0.05, 0) is 18.1 Å². The Balaban J connectivity index is 2.66. The first-order chi connectivity index (χ1) is 7.59. The molecule has 1 aliphatic rings. The zero-order chi connectivity index (χ0) is 11.8. The van der Waals surface area contributed by atoms with Gasteiger partial charge in [0.25, 0.3) is 0 Å². The van der Waals surface area contributed by atoms with E-state index in [2.05, 4.69) is 5.32 Å². The van der Waals surface area contributed by atoms with Gasteiger partial charge in [0.1, 0.15) is 0 Å². The highest BCUT2D eigenvalue weighted by Gasteiger charge is 2.55. The molecule has 2 N–H and O–H groups in total. The quantitative estimate of drug-likeness (QED) is 0.556. The van der Waals surface area contributed by atoms with E-state index < -0.39 is 16.6 Å². The largest absolute Gasteiger partial charge is 0.475 e. The van der Waals surface area contributed by atoms with E-state index >= 15 is 0 Å². The topological polar surface area (TPSA) is 92.5 Å². The number of carbonyl (C=O) groups is 1. The van der Waals surface area contributed by atoms with Crippen LogP contribution in [0.5, 0.6) is 0 Å². The lowest BCUT2D eigenvalue weighted by Crippen LogP contribution is -2.58. The molecule has 0 amide bonds. The van der Waals surface area contributed by atoms with Gasteiger partial charge in [-0.3, -0.25) is 10.1 Å². The molecule has 0 bridgehead atoms. The lowest BCUT2D eigenvalue weighted by molar-refractivity contribution is -0.572. The minimum absolute atomic E-state index is 0.221. The van der Waals surface area contributed by atoms with Crippen LogP contribution in [-0.2, 0) is 16.9 Å². The molecule has 0 saturated heterocycles. The van der Waals surface area contributed by atoms with Crippen molar-refractivity contribution < 1.29 is 14.8 Å². The van der Waals surface area contributed by atoms with Crippen LogP contribution in [0.25, 0.3) is 0 Å². The van der Waals surface area contributed by atoms with E-state index in [1.54, 1.807) is 18.2 Å². The van der Waals surface area contributed by atoms with Crippen molar-refractivity contribution in [1.29, 1.82) is 0 Å². The maximum atomic E-state index is 11.2. The Morgan fingerprint density at radius 2 is 2.19 bits per heavy atom. The van der Waals surface area contributed by atoms with Gasteiger partial charge in [0.15, 0.2) is 0 Å². The Hall–Kier alpha value is -1.95. The van der Waals surface area contributed by atoms with Gasteiger partial charge < -0.3 is 5.11 Å². The molecule has 2 rings (SSSR count). The first-order valence-electron chi connectivity index (χ1n) is 4.80. The number of carboxylic acids is 1. The lowest BCUT2D eigenvalue weighted by atomic mass is 9.89. The van der Waals surface area contributed by atoms with Crippen molar-refractivity contribution in [2.24, 2.45) is 0 Å². The second-order valence-electron chi connectivity index (χ2n) is 3.61. The number of carboxylic acid groups (broad SMARTS) is 1. The van der Waals surface area contributed by atoms with Crippen LogP contribution < -0.4 is 5.32 Å². The van der Waals surface area contributed by atoms with Gasteiger partial charge in [-0.15, -0.1) is 0 Å². The van der Waals surface area contributed by atoms with E-state index in [1.165, 1.54) is 6.07 Å². The van der Waals surface area contributed by atoms with Crippen molar-refractivity contribution in [1.82, 2.24) is 5.32 Å². The van der Waals surface area contributed by atoms with E-state index in [1.807, 2.05) is 0 Å². The van der Waals surface area contributed by atoms with Crippen molar-refractivity contribution >= 4 is 5.97 Å². The molecular weight excluding hydrogens is 212 g/mol. The zero-order valence-electron chi connectivity index (χ0n) is 8.34. The molecule has 16 heavy (non-hydrogen) atoms. The molecular formula is C10H10N2O4. The Morgan fingerprint density at radius 3 is 2.81 bits per heavy atom. The molecule has 6 heteroatoms. The Morgan fingerprint density at radius 1 is 1.50 bits per heavy atom. The fourth-order valence-corrected chi connectivity index (χ4v) is 2.00. The predicted octanol–water partition coefficient (Wildman–Crippen LogP) is 0.346. The van der Waals surface area contributed by atoms with Crippen LogP contribution in [0.15, 0.2) is 24.3 Å². The molecule has 1 aromatic rings. The Labute approximate surface area is 91.0 Å². The van der Waals surface area contributed by atoms with Crippen molar-refractivity contribution in [3.05, 3.63) is 45.5 Å². The number of nitrogens with one attached hydrogen (secondary N) is 1. The third kappa shape index (κ3) is 1.27. The van der Waals surface area contributed by atoms with Gasteiger partial charge in [0, 0.05) is 6.54 Å². The van der Waals surface area contributed by atoms with Crippen LogP contribution in [0, 0.1) is 10.1 Å². The molecule has 0 saturated carbocycles. The fourth-order valence-electron chi connectivity index (χ4n) is 2.00. The molecule has 84 valence electrons. The number of hydrogen-bond acceptors (Lipinski definition) is 4. The minimum atomic E-state index is -2.20. The first-order valence-corrected chi connectivity index (χ1v) is 4.80. The van der Waals surface area contributed by atoms with Crippen molar-refractivity contribution in [2.75, 3.05) is 6.54 Å². The monoisotopic (exact) mass is 222 g/mol. The number of hydrogen-bond donors (Lipinski definition) is 2. The van der Waals surface area contributed by atoms with Gasteiger partial charge in [-0.25, -0.2) is 10.1 Å². The van der Waals surface area contributed by atoms with Gasteiger partial charge in [-0.2, -0.15) is 0 Å². The summed E-state index contributed by atoms with van der Waals surface area (Å²) in [6.07, 6.45) is 0.596. The van der Waals surface area contributed by atoms with E-state index in [-0.39, 0.29) is 12.1 Å². The highest BCUT2D eigenvalue weighted by molar-refractivity contribution is 5.79. The average Bonchev–Trinajstić information content (AvgIpc) is 2.27. The SMILES string of the molecule is O=C(O)C1([N+](=O)[O-])NCCc2ccccc21. The second kappa shape index (κ2) is 3.57. The average molecular weight is 222 g/mol. The molecule has 0 spiro atoms. The highest BCUT2D eigenvalue weighted by Crippen LogP contribution is 2.29. The zero-order valence-corrected chi connectivity index (χ0v) is 8.34. The van der Waals surface area contributed by atoms with Crippen LogP contribution in [0.4, 0.5) is 0 Å². The molecule has 1 aromatic carbocycles. The van der Waals surface area contributed by atoms with E-state index in [9.17, 15) is 14.9 Å². The van der Waals surface area contributed by atoms with Gasteiger partial charge in [0.2, 0.25) is 0 Å². The molecule has 0 radical (unpaired) electrons. The summed E-state index contributed by atoms with van der Waals surface area (Å²) in [4.78, 5) is 21.4. The summed E-state index contributed by atoms with van der Waals surface area (Å²) in [6, 6.07) is 6.56. The van der Waals surface area contributed by atoms with Gasteiger partial charge >= 0.3 is 11.6 Å². The molecule has 0 aliphatic carbocycles. The molecule has 1 aliphatic heterocycles. The molecule has 1 unspecified atom stereocenters. The maximum absolute atomic E-state index is 11.2. The Bertz CT molecular complexity index is 444. The number of benzene rings is 1. The normalized spacial score (nSPS) is 23.5. The van der Waals surface area contributed by atoms with Gasteiger partial charge in [0.05, 0.1) is 10.5 Å². The molecule has 1 atom stereocenters. The van der Waals surface area contributed by atoms with Crippen LogP contribution >= 0.6 is 0 Å². The third-order valence-electron chi connectivity index (χ3n) is 2.77. The van der Waals surface area contributed by atoms with E-state index in [4.69, 9.17) is 5.11 Å².